The van der Waals surface area contributed by atoms with E-state index in [-0.39, 0.29) is 38.9 Å². The zero-order chi connectivity index (χ0) is 24.8. The first-order valence-electron chi connectivity index (χ1n) is 9.80. The first kappa shape index (κ1) is 24.6. The summed E-state index contributed by atoms with van der Waals surface area (Å²) >= 11 is 12.0. The molecule has 4 N–H and O–H groups in total. The van der Waals surface area contributed by atoms with Gasteiger partial charge in [0.1, 0.15) is 11.8 Å². The Bertz CT molecular complexity index is 1280. The Kier molecular flexibility index (Phi) is 7.74. The molecule has 0 bridgehead atoms. The maximum Gasteiger partial charge on any atom is 0.326 e. The number of aromatic hydroxyl groups is 1. The van der Waals surface area contributed by atoms with E-state index in [2.05, 4.69) is 10.6 Å². The molecular weight excluding hydrogens is 481 g/mol. The molecule has 34 heavy (non-hydrogen) atoms. The number of carbonyl (C=O) groups excluding carboxylic acids is 2. The summed E-state index contributed by atoms with van der Waals surface area (Å²) in [7, 11) is 0. The largest absolute Gasteiger partial charge is 0.507 e. The van der Waals surface area contributed by atoms with Gasteiger partial charge >= 0.3 is 5.97 Å². The number of amides is 2. The molecule has 0 saturated carbocycles. The Morgan fingerprint density at radius 3 is 2.29 bits per heavy atom. The highest BCUT2D eigenvalue weighted by Crippen LogP contribution is 2.25. The van der Waals surface area contributed by atoms with Crippen LogP contribution in [0.25, 0.3) is 0 Å². The van der Waals surface area contributed by atoms with E-state index in [0.717, 1.165) is 0 Å². The second kappa shape index (κ2) is 10.7. The zero-order valence-corrected chi connectivity index (χ0v) is 18.9. The number of hydrogen-bond donors (Lipinski definition) is 4. The van der Waals surface area contributed by atoms with Crippen molar-refractivity contribution in [3.63, 3.8) is 0 Å². The fourth-order valence-corrected chi connectivity index (χ4v) is 3.55. The minimum absolute atomic E-state index is 0.0119. The van der Waals surface area contributed by atoms with Crippen molar-refractivity contribution in [2.24, 2.45) is 0 Å². The summed E-state index contributed by atoms with van der Waals surface area (Å²) in [6.45, 7) is 0. The van der Waals surface area contributed by atoms with Crippen molar-refractivity contribution in [2.45, 2.75) is 12.5 Å². The van der Waals surface area contributed by atoms with Crippen LogP contribution < -0.4 is 10.6 Å². The average Bonchev–Trinajstić information content (AvgIpc) is 2.80. The molecule has 0 fully saturated rings. The van der Waals surface area contributed by atoms with Crippen LogP contribution in [0.3, 0.4) is 0 Å². The maximum atomic E-state index is 12.5. The topological polar surface area (TPSA) is 140 Å². The number of carboxylic acid groups (broad SMARTS) is 1. The quantitative estimate of drug-likeness (QED) is 0.384. The fraction of sp³-hybridized carbons (Fsp3) is 0.0833. The lowest BCUT2D eigenvalue weighted by molar-refractivity contribution is -0.139. The predicted octanol–water partition coefficient (Wildman–Crippen LogP) is 4.25. The molecular formula is C24H17Cl2N3O5. The lowest BCUT2D eigenvalue weighted by Gasteiger charge is -2.16. The average molecular weight is 498 g/mol. The Morgan fingerprint density at radius 2 is 1.68 bits per heavy atom. The van der Waals surface area contributed by atoms with Crippen molar-refractivity contribution in [3.05, 3.63) is 93.0 Å². The number of rotatable bonds is 7. The number of nitriles is 1. The van der Waals surface area contributed by atoms with Gasteiger partial charge in [0.15, 0.2) is 0 Å². The van der Waals surface area contributed by atoms with Gasteiger partial charge in [0.25, 0.3) is 11.8 Å². The van der Waals surface area contributed by atoms with Gasteiger partial charge < -0.3 is 20.8 Å². The maximum absolute atomic E-state index is 12.5. The molecule has 2 amide bonds. The molecule has 0 spiro atoms. The summed E-state index contributed by atoms with van der Waals surface area (Å²) in [6.07, 6.45) is -0.0590. The van der Waals surface area contributed by atoms with Gasteiger partial charge in [-0.15, -0.1) is 0 Å². The second-order valence-electron chi connectivity index (χ2n) is 7.16. The van der Waals surface area contributed by atoms with Gasteiger partial charge in [0, 0.05) is 12.1 Å². The number of nitrogens with one attached hydrogen (secondary N) is 2. The van der Waals surface area contributed by atoms with Gasteiger partial charge in [-0.2, -0.15) is 5.26 Å². The number of phenols is 1. The number of hydrogen-bond acceptors (Lipinski definition) is 5. The van der Waals surface area contributed by atoms with E-state index in [0.29, 0.717) is 11.3 Å². The molecule has 0 aliphatic rings. The van der Waals surface area contributed by atoms with Crippen LogP contribution in [0.15, 0.2) is 60.7 Å². The lowest BCUT2D eigenvalue weighted by Crippen LogP contribution is -2.42. The molecule has 3 aromatic rings. The van der Waals surface area contributed by atoms with Crippen LogP contribution in [0.1, 0.15) is 31.8 Å². The third-order valence-corrected chi connectivity index (χ3v) is 5.46. The van der Waals surface area contributed by atoms with Crippen molar-refractivity contribution in [1.29, 1.82) is 5.26 Å². The molecule has 1 unspecified atom stereocenters. The van der Waals surface area contributed by atoms with Crippen LogP contribution in [0.2, 0.25) is 10.0 Å². The van der Waals surface area contributed by atoms with Gasteiger partial charge in [-0.25, -0.2) is 4.79 Å². The van der Waals surface area contributed by atoms with Crippen molar-refractivity contribution in [3.8, 4) is 11.8 Å². The van der Waals surface area contributed by atoms with Gasteiger partial charge in [0.05, 0.1) is 32.8 Å². The lowest BCUT2D eigenvalue weighted by atomic mass is 10.0. The smallest absolute Gasteiger partial charge is 0.326 e. The van der Waals surface area contributed by atoms with E-state index >= 15 is 0 Å². The van der Waals surface area contributed by atoms with Crippen molar-refractivity contribution >= 4 is 46.7 Å². The number of anilines is 1. The van der Waals surface area contributed by atoms with E-state index in [1.165, 1.54) is 36.4 Å². The number of carbonyl (C=O) groups is 3. The Morgan fingerprint density at radius 1 is 0.971 bits per heavy atom. The Labute approximate surface area is 204 Å². The summed E-state index contributed by atoms with van der Waals surface area (Å²) in [5.74, 6) is -2.97. The number of carboxylic acids is 1. The highest BCUT2D eigenvalue weighted by atomic mass is 35.5. The number of halogens is 2. The summed E-state index contributed by atoms with van der Waals surface area (Å²) in [6, 6.07) is 15.4. The highest BCUT2D eigenvalue weighted by Gasteiger charge is 2.24. The summed E-state index contributed by atoms with van der Waals surface area (Å²) < 4.78 is 0. The van der Waals surface area contributed by atoms with Crippen LogP contribution in [-0.4, -0.2) is 34.0 Å². The van der Waals surface area contributed by atoms with Crippen LogP contribution >= 0.6 is 23.2 Å². The van der Waals surface area contributed by atoms with E-state index in [9.17, 15) is 24.6 Å². The molecule has 3 aromatic carbocycles. The molecule has 0 aliphatic carbocycles. The first-order chi connectivity index (χ1) is 16.2. The second-order valence-corrected chi connectivity index (χ2v) is 7.97. The number of aliphatic carboxylic acids is 1. The van der Waals surface area contributed by atoms with Gasteiger partial charge in [-0.05, 0) is 48.0 Å². The summed E-state index contributed by atoms with van der Waals surface area (Å²) in [4.78, 5) is 36.7. The zero-order valence-electron chi connectivity index (χ0n) is 17.4. The van der Waals surface area contributed by atoms with Crippen LogP contribution in [-0.2, 0) is 11.2 Å². The standard InChI is InChI=1S/C24H17Cl2N3O5/c25-17-9-6-14(12-27)10-16(17)22(31)28-15-7-4-13(5-8-15)11-19(24(33)34)29-23(32)21-18(26)2-1-3-20(21)30/h1-10,19,30H,11H2,(H,28,31)(H,29,32)(H,33,34). The normalized spacial score (nSPS) is 11.2. The van der Waals surface area contributed by atoms with Crippen molar-refractivity contribution in [1.82, 2.24) is 5.32 Å². The van der Waals surface area contributed by atoms with Crippen molar-refractivity contribution in [2.75, 3.05) is 5.32 Å². The highest BCUT2D eigenvalue weighted by molar-refractivity contribution is 6.34. The van der Waals surface area contributed by atoms with Crippen LogP contribution in [0.4, 0.5) is 5.69 Å². The Hall–Kier alpha value is -4.06. The monoisotopic (exact) mass is 497 g/mol. The number of phenolic OH excluding ortho intramolecular Hbond substituents is 1. The number of benzene rings is 3. The molecule has 8 nitrogen and oxygen atoms in total. The molecule has 0 aliphatic heterocycles. The van der Waals surface area contributed by atoms with E-state index in [1.54, 1.807) is 24.3 Å². The van der Waals surface area contributed by atoms with Crippen molar-refractivity contribution < 1.29 is 24.6 Å². The minimum Gasteiger partial charge on any atom is -0.507 e. The van der Waals surface area contributed by atoms with Gasteiger partial charge in [-0.1, -0.05) is 41.4 Å². The molecule has 0 aromatic heterocycles. The fourth-order valence-electron chi connectivity index (χ4n) is 3.10. The Balaban J connectivity index is 1.70. The minimum atomic E-state index is -1.30. The molecule has 0 saturated heterocycles. The summed E-state index contributed by atoms with van der Waals surface area (Å²) in [5.41, 5.74) is 1.20. The van der Waals surface area contributed by atoms with Gasteiger partial charge in [0.2, 0.25) is 0 Å². The van der Waals surface area contributed by atoms with Crippen LogP contribution in [0.5, 0.6) is 5.75 Å². The molecule has 1 atom stereocenters. The SMILES string of the molecule is N#Cc1ccc(Cl)c(C(=O)Nc2ccc(CC(NC(=O)c3c(O)cccc3Cl)C(=O)O)cc2)c1. The van der Waals surface area contributed by atoms with E-state index in [1.807, 2.05) is 6.07 Å². The first-order valence-corrected chi connectivity index (χ1v) is 10.6. The van der Waals surface area contributed by atoms with Crippen LogP contribution in [0, 0.1) is 11.3 Å². The molecule has 0 radical (unpaired) electrons. The molecule has 172 valence electrons. The summed E-state index contributed by atoms with van der Waals surface area (Å²) in [5, 5.41) is 33.6. The molecule has 10 heteroatoms. The van der Waals surface area contributed by atoms with E-state index in [4.69, 9.17) is 28.5 Å². The molecule has 0 heterocycles. The number of nitrogens with zero attached hydrogens (tertiary/aromatic N) is 1. The van der Waals surface area contributed by atoms with Gasteiger partial charge in [-0.3, -0.25) is 9.59 Å². The molecule has 3 rings (SSSR count). The third kappa shape index (κ3) is 5.84. The predicted molar refractivity (Wildman–Crippen MR) is 126 cm³/mol. The third-order valence-electron chi connectivity index (χ3n) is 4.81. The van der Waals surface area contributed by atoms with E-state index < -0.39 is 23.8 Å².